The van der Waals surface area contributed by atoms with Gasteiger partial charge in [-0.3, -0.25) is 0 Å². The van der Waals surface area contributed by atoms with Crippen LogP contribution in [0.5, 0.6) is 0 Å². The highest BCUT2D eigenvalue weighted by molar-refractivity contribution is 5.89. The third kappa shape index (κ3) is 5.85. The molecule has 1 saturated heterocycles. The van der Waals surface area contributed by atoms with Gasteiger partial charge in [0.2, 0.25) is 0 Å². The van der Waals surface area contributed by atoms with Gasteiger partial charge in [-0.15, -0.1) is 0 Å². The van der Waals surface area contributed by atoms with Crippen LogP contribution in [0.25, 0.3) is 0 Å². The van der Waals surface area contributed by atoms with Crippen molar-refractivity contribution in [2.24, 2.45) is 0 Å². The summed E-state index contributed by atoms with van der Waals surface area (Å²) in [5.41, 5.74) is -0.994. The smallest absolute Gasteiger partial charge is 0.389 e. The molecule has 0 unspecified atom stereocenters. The normalized spacial score (nSPS) is 21.3. The summed E-state index contributed by atoms with van der Waals surface area (Å²) in [6.07, 6.45) is 2.27. The monoisotopic (exact) mass is 399 g/mol. The Balaban J connectivity index is 1.41. The van der Waals surface area contributed by atoms with Crippen LogP contribution in [-0.4, -0.2) is 47.3 Å². The molecule has 2 fully saturated rings. The molecule has 2 amide bonds. The summed E-state index contributed by atoms with van der Waals surface area (Å²) in [7, 11) is 0. The second kappa shape index (κ2) is 8.69. The van der Waals surface area contributed by atoms with Gasteiger partial charge >= 0.3 is 12.2 Å². The van der Waals surface area contributed by atoms with Crippen LogP contribution < -0.4 is 10.6 Å². The van der Waals surface area contributed by atoms with Gasteiger partial charge in [-0.25, -0.2) is 4.79 Å². The number of hydrogen-bond acceptors (Lipinski definition) is 3. The van der Waals surface area contributed by atoms with E-state index in [1.54, 1.807) is 0 Å². The van der Waals surface area contributed by atoms with Crippen molar-refractivity contribution in [3.63, 3.8) is 0 Å². The number of carbonyl (C=O) groups is 1. The standard InChI is InChI=1S/C20H28F3N3O2/c21-20(22,23)15-4-6-16(7-5-15)24-18(27)25-17-8-12-26(13-9-17)14-19(28)10-2-1-3-11-19/h4-7,17,28H,1-3,8-14H2,(H2,24,25,27). The van der Waals surface area contributed by atoms with E-state index in [2.05, 4.69) is 15.5 Å². The molecule has 5 nitrogen and oxygen atoms in total. The van der Waals surface area contributed by atoms with E-state index < -0.39 is 23.4 Å². The van der Waals surface area contributed by atoms with Crippen molar-refractivity contribution in [1.82, 2.24) is 10.2 Å². The molecule has 8 heteroatoms. The lowest BCUT2D eigenvalue weighted by atomic mass is 9.84. The fourth-order valence-corrected chi connectivity index (χ4v) is 4.11. The van der Waals surface area contributed by atoms with Crippen LogP contribution in [0.3, 0.4) is 0 Å². The van der Waals surface area contributed by atoms with Crippen molar-refractivity contribution in [2.45, 2.75) is 62.8 Å². The first-order valence-corrected chi connectivity index (χ1v) is 9.93. The van der Waals surface area contributed by atoms with E-state index in [9.17, 15) is 23.1 Å². The van der Waals surface area contributed by atoms with Crippen molar-refractivity contribution < 1.29 is 23.1 Å². The van der Waals surface area contributed by atoms with Gasteiger partial charge in [0.05, 0.1) is 11.2 Å². The topological polar surface area (TPSA) is 64.6 Å². The molecule has 0 spiro atoms. The number of anilines is 1. The third-order valence-corrected chi connectivity index (χ3v) is 5.70. The van der Waals surface area contributed by atoms with Crippen LogP contribution in [0.1, 0.15) is 50.5 Å². The van der Waals surface area contributed by atoms with Crippen LogP contribution >= 0.6 is 0 Å². The zero-order valence-electron chi connectivity index (χ0n) is 15.9. The Morgan fingerprint density at radius 2 is 1.71 bits per heavy atom. The lowest BCUT2D eigenvalue weighted by Gasteiger charge is -2.40. The number of β-amino-alcohol motifs (C(OH)–C–C–N with tert-alkyl or cyclic N) is 1. The van der Waals surface area contributed by atoms with Crippen LogP contribution in [0.15, 0.2) is 24.3 Å². The summed E-state index contributed by atoms with van der Waals surface area (Å²) >= 11 is 0. The summed E-state index contributed by atoms with van der Waals surface area (Å²) in [5.74, 6) is 0. The number of halogens is 3. The number of alkyl halides is 3. The molecule has 1 saturated carbocycles. The summed E-state index contributed by atoms with van der Waals surface area (Å²) in [6, 6.07) is 4.00. The Morgan fingerprint density at radius 1 is 1.11 bits per heavy atom. The average molecular weight is 399 g/mol. The minimum atomic E-state index is -4.39. The molecule has 1 aliphatic carbocycles. The fraction of sp³-hybridized carbons (Fsp3) is 0.650. The van der Waals surface area contributed by atoms with E-state index in [1.807, 2.05) is 0 Å². The number of benzene rings is 1. The maximum atomic E-state index is 12.6. The first-order valence-electron chi connectivity index (χ1n) is 9.93. The van der Waals surface area contributed by atoms with Crippen molar-refractivity contribution in [3.8, 4) is 0 Å². The summed E-state index contributed by atoms with van der Waals surface area (Å²) < 4.78 is 37.7. The number of piperidine rings is 1. The SMILES string of the molecule is O=C(Nc1ccc(C(F)(F)F)cc1)NC1CCN(CC2(O)CCCCC2)CC1. The van der Waals surface area contributed by atoms with E-state index in [1.165, 1.54) is 18.6 Å². The van der Waals surface area contributed by atoms with Gasteiger partial charge < -0.3 is 20.6 Å². The van der Waals surface area contributed by atoms with E-state index in [4.69, 9.17) is 0 Å². The lowest BCUT2D eigenvalue weighted by molar-refractivity contribution is -0.137. The molecule has 3 rings (SSSR count). The number of nitrogens with zero attached hydrogens (tertiary/aromatic N) is 1. The largest absolute Gasteiger partial charge is 0.416 e. The summed E-state index contributed by atoms with van der Waals surface area (Å²) in [6.45, 7) is 2.32. The minimum absolute atomic E-state index is 0.0201. The summed E-state index contributed by atoms with van der Waals surface area (Å²) in [4.78, 5) is 14.4. The number of hydrogen-bond donors (Lipinski definition) is 3. The van der Waals surface area contributed by atoms with Crippen molar-refractivity contribution in [2.75, 3.05) is 25.0 Å². The molecule has 0 radical (unpaired) electrons. The Morgan fingerprint density at radius 3 is 2.29 bits per heavy atom. The molecule has 28 heavy (non-hydrogen) atoms. The Hall–Kier alpha value is -1.80. The zero-order chi connectivity index (χ0) is 20.2. The maximum Gasteiger partial charge on any atom is 0.416 e. The van der Waals surface area contributed by atoms with Gasteiger partial charge in [0.1, 0.15) is 0 Å². The van der Waals surface area contributed by atoms with E-state index in [-0.39, 0.29) is 6.04 Å². The maximum absolute atomic E-state index is 12.6. The Labute approximate surface area is 163 Å². The van der Waals surface area contributed by atoms with Gasteiger partial charge in [0, 0.05) is 31.4 Å². The second-order valence-electron chi connectivity index (χ2n) is 8.01. The van der Waals surface area contributed by atoms with Crippen LogP contribution in [0.4, 0.5) is 23.7 Å². The number of carbonyl (C=O) groups excluding carboxylic acids is 1. The molecular weight excluding hydrogens is 371 g/mol. The van der Waals surface area contributed by atoms with Gasteiger partial charge in [0.15, 0.2) is 0 Å². The second-order valence-corrected chi connectivity index (χ2v) is 8.01. The zero-order valence-corrected chi connectivity index (χ0v) is 15.9. The number of likely N-dealkylation sites (tertiary alicyclic amines) is 1. The first-order chi connectivity index (χ1) is 13.2. The molecule has 0 bridgehead atoms. The Bertz CT molecular complexity index is 650. The van der Waals surface area contributed by atoms with E-state index >= 15 is 0 Å². The molecule has 3 N–H and O–H groups in total. The number of urea groups is 1. The lowest BCUT2D eigenvalue weighted by Crippen LogP contribution is -2.50. The molecule has 1 aliphatic heterocycles. The highest BCUT2D eigenvalue weighted by Crippen LogP contribution is 2.30. The number of amides is 2. The number of rotatable bonds is 4. The highest BCUT2D eigenvalue weighted by atomic mass is 19.4. The quantitative estimate of drug-likeness (QED) is 0.717. The highest BCUT2D eigenvalue weighted by Gasteiger charge is 2.33. The van der Waals surface area contributed by atoms with Gasteiger partial charge in [0.25, 0.3) is 0 Å². The predicted octanol–water partition coefficient (Wildman–Crippen LogP) is 3.99. The fourth-order valence-electron chi connectivity index (χ4n) is 4.11. The number of nitrogens with one attached hydrogen (secondary N) is 2. The molecule has 1 heterocycles. The number of aliphatic hydroxyl groups is 1. The summed E-state index contributed by atoms with van der Waals surface area (Å²) in [5, 5.41) is 16.1. The molecule has 0 atom stereocenters. The van der Waals surface area contributed by atoms with Crippen LogP contribution in [0.2, 0.25) is 0 Å². The van der Waals surface area contributed by atoms with Crippen LogP contribution in [-0.2, 0) is 6.18 Å². The van der Waals surface area contributed by atoms with E-state index in [0.717, 1.165) is 63.7 Å². The molecular formula is C20H28F3N3O2. The van der Waals surface area contributed by atoms with Gasteiger partial charge in [-0.05, 0) is 49.9 Å². The average Bonchev–Trinajstić information content (AvgIpc) is 2.63. The van der Waals surface area contributed by atoms with Crippen molar-refractivity contribution in [1.29, 1.82) is 0 Å². The Kier molecular flexibility index (Phi) is 6.50. The van der Waals surface area contributed by atoms with E-state index in [0.29, 0.717) is 12.2 Å². The van der Waals surface area contributed by atoms with Crippen LogP contribution in [0, 0.1) is 0 Å². The van der Waals surface area contributed by atoms with Crippen molar-refractivity contribution >= 4 is 11.7 Å². The molecule has 1 aromatic rings. The minimum Gasteiger partial charge on any atom is -0.389 e. The molecule has 2 aliphatic rings. The third-order valence-electron chi connectivity index (χ3n) is 5.70. The van der Waals surface area contributed by atoms with Crippen molar-refractivity contribution in [3.05, 3.63) is 29.8 Å². The first kappa shape index (κ1) is 20.9. The molecule has 156 valence electrons. The van der Waals surface area contributed by atoms with Gasteiger partial charge in [-0.1, -0.05) is 19.3 Å². The molecule has 1 aromatic carbocycles. The van der Waals surface area contributed by atoms with Gasteiger partial charge in [-0.2, -0.15) is 13.2 Å². The molecule has 0 aromatic heterocycles. The predicted molar refractivity (Wildman–Crippen MR) is 101 cm³/mol.